The van der Waals surface area contributed by atoms with Crippen LogP contribution >= 0.6 is 0 Å². The Kier molecular flexibility index (Phi) is 6.32. The fourth-order valence-electron chi connectivity index (χ4n) is 5.35. The second-order valence-corrected chi connectivity index (χ2v) is 11.3. The first kappa shape index (κ1) is 24.4. The summed E-state index contributed by atoms with van der Waals surface area (Å²) in [5.74, 6) is -0.420. The fourth-order valence-corrected chi connectivity index (χ4v) is 5.35. The number of aliphatic hydroxyl groups excluding tert-OH is 1. The van der Waals surface area contributed by atoms with Crippen molar-refractivity contribution in [2.75, 3.05) is 18.4 Å². The van der Waals surface area contributed by atoms with Gasteiger partial charge in [0.1, 0.15) is 12.1 Å². The molecule has 0 bridgehead atoms. The number of para-hydroxylation sites is 1. The lowest BCUT2D eigenvalue weighted by molar-refractivity contribution is -0.144. The van der Waals surface area contributed by atoms with E-state index in [1.165, 1.54) is 4.90 Å². The molecule has 5 rings (SSSR count). The number of aliphatic hydroxyl groups is 1. The van der Waals surface area contributed by atoms with Crippen LogP contribution in [0, 0.1) is 5.41 Å². The molecule has 1 saturated heterocycles. The monoisotopic (exact) mass is 494 g/mol. The summed E-state index contributed by atoms with van der Waals surface area (Å²) >= 11 is 0. The molecule has 2 fully saturated rings. The SMILES string of the molecule is CC(C)(C)[C@@H](C(=O)N1CC(O)CC1C(=O)NCC1CC(=O)Nc2ccccc21)n1cc(C2CC2)nn1. The molecule has 2 aliphatic heterocycles. The zero-order chi connectivity index (χ0) is 25.6. The third kappa shape index (κ3) is 4.86. The van der Waals surface area contributed by atoms with Crippen molar-refractivity contribution in [3.05, 3.63) is 41.7 Å². The summed E-state index contributed by atoms with van der Waals surface area (Å²) in [6, 6.07) is 6.11. The van der Waals surface area contributed by atoms with E-state index in [1.54, 1.807) is 4.68 Å². The van der Waals surface area contributed by atoms with Crippen molar-refractivity contribution in [1.29, 1.82) is 0 Å². The van der Waals surface area contributed by atoms with E-state index in [4.69, 9.17) is 0 Å². The van der Waals surface area contributed by atoms with Gasteiger partial charge in [-0.2, -0.15) is 0 Å². The number of aromatic nitrogens is 3. The summed E-state index contributed by atoms with van der Waals surface area (Å²) in [4.78, 5) is 40.8. The molecule has 0 radical (unpaired) electrons. The number of rotatable bonds is 6. The molecule has 3 unspecified atom stereocenters. The van der Waals surface area contributed by atoms with Gasteiger partial charge in [-0.25, -0.2) is 4.68 Å². The van der Waals surface area contributed by atoms with Crippen LogP contribution in [0.5, 0.6) is 0 Å². The Morgan fingerprint density at radius 1 is 1.25 bits per heavy atom. The minimum absolute atomic E-state index is 0.0857. The Bertz CT molecular complexity index is 1170. The molecule has 2 aromatic rings. The average Bonchev–Trinajstić information content (AvgIpc) is 3.43. The summed E-state index contributed by atoms with van der Waals surface area (Å²) in [6.45, 7) is 6.24. The van der Waals surface area contributed by atoms with Crippen LogP contribution in [0.2, 0.25) is 0 Å². The van der Waals surface area contributed by atoms with E-state index in [1.807, 2.05) is 51.2 Å². The molecule has 3 heterocycles. The van der Waals surface area contributed by atoms with E-state index < -0.39 is 23.6 Å². The summed E-state index contributed by atoms with van der Waals surface area (Å²) in [7, 11) is 0. The number of hydrogen-bond acceptors (Lipinski definition) is 6. The molecule has 4 atom stereocenters. The van der Waals surface area contributed by atoms with Crippen LogP contribution in [0.15, 0.2) is 30.5 Å². The summed E-state index contributed by atoms with van der Waals surface area (Å²) in [6.07, 6.45) is 3.67. The third-order valence-corrected chi connectivity index (χ3v) is 7.34. The van der Waals surface area contributed by atoms with E-state index in [9.17, 15) is 19.5 Å². The van der Waals surface area contributed by atoms with E-state index >= 15 is 0 Å². The maximum absolute atomic E-state index is 13.9. The van der Waals surface area contributed by atoms with Crippen molar-refractivity contribution in [1.82, 2.24) is 25.2 Å². The largest absolute Gasteiger partial charge is 0.391 e. The Morgan fingerprint density at radius 2 is 2.00 bits per heavy atom. The van der Waals surface area contributed by atoms with Crippen LogP contribution in [0.3, 0.4) is 0 Å². The van der Waals surface area contributed by atoms with Crippen molar-refractivity contribution < 1.29 is 19.5 Å². The van der Waals surface area contributed by atoms with Crippen LogP contribution in [0.25, 0.3) is 0 Å². The molecule has 1 aromatic heterocycles. The molecule has 3 aliphatic rings. The predicted octanol–water partition coefficient (Wildman–Crippen LogP) is 1.95. The number of benzene rings is 1. The van der Waals surface area contributed by atoms with Crippen LogP contribution in [-0.2, 0) is 14.4 Å². The summed E-state index contributed by atoms with van der Waals surface area (Å²) in [5, 5.41) is 24.8. The van der Waals surface area contributed by atoms with Gasteiger partial charge >= 0.3 is 0 Å². The highest BCUT2D eigenvalue weighted by atomic mass is 16.3. The van der Waals surface area contributed by atoms with Gasteiger partial charge in [0.05, 0.1) is 11.8 Å². The minimum Gasteiger partial charge on any atom is -0.391 e. The third-order valence-electron chi connectivity index (χ3n) is 7.34. The highest BCUT2D eigenvalue weighted by Crippen LogP contribution is 2.40. The highest BCUT2D eigenvalue weighted by Gasteiger charge is 2.45. The lowest BCUT2D eigenvalue weighted by Gasteiger charge is -2.34. The molecular formula is C26H34N6O4. The first-order valence-electron chi connectivity index (χ1n) is 12.7. The van der Waals surface area contributed by atoms with Gasteiger partial charge in [0, 0.05) is 49.7 Å². The lowest BCUT2D eigenvalue weighted by Crippen LogP contribution is -2.51. The van der Waals surface area contributed by atoms with Gasteiger partial charge in [0.15, 0.2) is 0 Å². The molecule has 1 saturated carbocycles. The normalized spacial score (nSPS) is 24.7. The molecule has 10 heteroatoms. The van der Waals surface area contributed by atoms with Crippen LogP contribution in [0.4, 0.5) is 5.69 Å². The average molecular weight is 495 g/mol. The second-order valence-electron chi connectivity index (χ2n) is 11.3. The van der Waals surface area contributed by atoms with E-state index in [-0.39, 0.29) is 49.6 Å². The number of nitrogens with one attached hydrogen (secondary N) is 2. The van der Waals surface area contributed by atoms with E-state index in [0.29, 0.717) is 5.92 Å². The van der Waals surface area contributed by atoms with Crippen LogP contribution in [-0.4, -0.2) is 68.0 Å². The maximum Gasteiger partial charge on any atom is 0.248 e. The van der Waals surface area contributed by atoms with Crippen molar-refractivity contribution in [3.8, 4) is 0 Å². The quantitative estimate of drug-likeness (QED) is 0.563. The number of carbonyl (C=O) groups excluding carboxylic acids is 3. The van der Waals surface area contributed by atoms with Gasteiger partial charge in [0.2, 0.25) is 17.7 Å². The van der Waals surface area contributed by atoms with Crippen molar-refractivity contribution in [3.63, 3.8) is 0 Å². The Hall–Kier alpha value is -3.27. The molecule has 3 N–H and O–H groups in total. The van der Waals surface area contributed by atoms with Crippen molar-refractivity contribution in [2.24, 2.45) is 5.41 Å². The number of nitrogens with zero attached hydrogens (tertiary/aromatic N) is 4. The summed E-state index contributed by atoms with van der Waals surface area (Å²) in [5.41, 5.74) is 2.14. The van der Waals surface area contributed by atoms with Crippen LogP contribution in [0.1, 0.15) is 75.6 Å². The second kappa shape index (κ2) is 9.31. The molecule has 1 aromatic carbocycles. The molecule has 3 amide bonds. The molecule has 1 aliphatic carbocycles. The molecular weight excluding hydrogens is 460 g/mol. The van der Waals surface area contributed by atoms with E-state index in [0.717, 1.165) is 29.8 Å². The standard InChI is InChI=1S/C26H34N6O4/c1-26(2,3)23(32-14-20(29-30-32)15-8-9-15)25(36)31-13-17(33)11-21(31)24(35)27-12-16-10-22(34)28-19-7-5-4-6-18(16)19/h4-7,14-17,21,23,33H,8-13H2,1-3H3,(H,27,35)(H,28,34)/t16?,17?,21?,23-/m1/s1. The van der Waals surface area contributed by atoms with Crippen LogP contribution < -0.4 is 10.6 Å². The topological polar surface area (TPSA) is 129 Å². The Labute approximate surface area is 210 Å². The number of anilines is 1. The van der Waals surface area contributed by atoms with Gasteiger partial charge in [-0.3, -0.25) is 14.4 Å². The Balaban J connectivity index is 1.32. The smallest absolute Gasteiger partial charge is 0.248 e. The fraction of sp³-hybridized carbons (Fsp3) is 0.577. The predicted molar refractivity (Wildman–Crippen MR) is 132 cm³/mol. The van der Waals surface area contributed by atoms with E-state index in [2.05, 4.69) is 20.9 Å². The van der Waals surface area contributed by atoms with Gasteiger partial charge in [-0.1, -0.05) is 44.2 Å². The molecule has 36 heavy (non-hydrogen) atoms. The number of hydrogen-bond donors (Lipinski definition) is 3. The number of amides is 3. The molecule has 10 nitrogen and oxygen atoms in total. The first-order chi connectivity index (χ1) is 17.1. The Morgan fingerprint density at radius 3 is 2.72 bits per heavy atom. The van der Waals surface area contributed by atoms with Gasteiger partial charge in [-0.15, -0.1) is 5.10 Å². The zero-order valence-electron chi connectivity index (χ0n) is 21.0. The maximum atomic E-state index is 13.9. The van der Waals surface area contributed by atoms with Gasteiger partial charge in [-0.05, 0) is 29.9 Å². The number of fused-ring (bicyclic) bond motifs is 1. The lowest BCUT2D eigenvalue weighted by atomic mass is 9.85. The molecule has 0 spiro atoms. The van der Waals surface area contributed by atoms with Gasteiger partial charge < -0.3 is 20.6 Å². The van der Waals surface area contributed by atoms with Crippen molar-refractivity contribution >= 4 is 23.4 Å². The minimum atomic E-state index is -0.795. The number of carbonyl (C=O) groups is 3. The molecule has 192 valence electrons. The highest BCUT2D eigenvalue weighted by molar-refractivity contribution is 5.95. The van der Waals surface area contributed by atoms with Crippen molar-refractivity contribution in [2.45, 2.75) is 76.5 Å². The number of likely N-dealkylation sites (tertiary alicyclic amines) is 1. The summed E-state index contributed by atoms with van der Waals surface area (Å²) < 4.78 is 1.62. The zero-order valence-corrected chi connectivity index (χ0v) is 21.0. The van der Waals surface area contributed by atoms with Gasteiger partial charge in [0.25, 0.3) is 0 Å². The number of β-amino-alcohol motifs (C(OH)–C–C–N with tert-alkyl or cyclic N) is 1. The first-order valence-corrected chi connectivity index (χ1v) is 12.7.